The summed E-state index contributed by atoms with van der Waals surface area (Å²) in [7, 11) is 0. The third kappa shape index (κ3) is 3.86. The van der Waals surface area contributed by atoms with Gasteiger partial charge in [0.05, 0.1) is 28.1 Å². The molecule has 0 atom stereocenters. The molecular formula is C24H25N5O2. The number of carbonyl (C=O) groups is 1. The van der Waals surface area contributed by atoms with E-state index in [1.54, 1.807) is 28.9 Å². The molecule has 2 aromatic carbocycles. The number of hydrogen-bond donors (Lipinski definition) is 1. The molecule has 158 valence electrons. The number of aromatic nitrogens is 4. The van der Waals surface area contributed by atoms with Gasteiger partial charge in [-0.1, -0.05) is 50.2 Å². The van der Waals surface area contributed by atoms with Crippen molar-refractivity contribution >= 4 is 22.4 Å². The fourth-order valence-electron chi connectivity index (χ4n) is 3.69. The Hall–Kier alpha value is -3.74. The van der Waals surface area contributed by atoms with Crippen molar-refractivity contribution in [2.75, 3.05) is 5.32 Å². The zero-order valence-corrected chi connectivity index (χ0v) is 18.1. The average molecular weight is 415 g/mol. The highest BCUT2D eigenvalue weighted by atomic mass is 16.2. The number of rotatable bonds is 5. The van der Waals surface area contributed by atoms with Gasteiger partial charge < -0.3 is 5.32 Å². The van der Waals surface area contributed by atoms with Gasteiger partial charge in [0.2, 0.25) is 0 Å². The van der Waals surface area contributed by atoms with Gasteiger partial charge in [-0.25, -0.2) is 9.36 Å². The highest BCUT2D eigenvalue weighted by molar-refractivity contribution is 6.11. The molecule has 2 aromatic heterocycles. The van der Waals surface area contributed by atoms with E-state index in [1.807, 2.05) is 58.0 Å². The van der Waals surface area contributed by atoms with Gasteiger partial charge in [0, 0.05) is 11.9 Å². The fourth-order valence-corrected chi connectivity index (χ4v) is 3.69. The summed E-state index contributed by atoms with van der Waals surface area (Å²) in [6.45, 7) is 8.22. The van der Waals surface area contributed by atoms with E-state index in [2.05, 4.69) is 15.5 Å². The minimum Gasteiger partial charge on any atom is -0.317 e. The van der Waals surface area contributed by atoms with E-state index in [-0.39, 0.29) is 23.1 Å². The van der Waals surface area contributed by atoms with Gasteiger partial charge in [-0.3, -0.25) is 9.59 Å². The molecule has 7 nitrogen and oxygen atoms in total. The summed E-state index contributed by atoms with van der Waals surface area (Å²) in [5.74, 6) is -0.150. The molecule has 0 bridgehead atoms. The Bertz CT molecular complexity index is 1320. The zero-order chi connectivity index (χ0) is 22.1. The molecule has 7 heteroatoms. The number of nitrogens with one attached hydrogen (secondary N) is 1. The van der Waals surface area contributed by atoms with E-state index in [1.165, 1.54) is 4.68 Å². The second-order valence-electron chi connectivity index (χ2n) is 8.02. The summed E-state index contributed by atoms with van der Waals surface area (Å²) in [6, 6.07) is 16.8. The first kappa shape index (κ1) is 20.5. The second kappa shape index (κ2) is 8.18. The molecule has 31 heavy (non-hydrogen) atoms. The number of aryl methyl sites for hydroxylation is 1. The fraction of sp³-hybridized carbons (Fsp3) is 0.250. The third-order valence-electron chi connectivity index (χ3n) is 5.15. The molecule has 1 amide bonds. The number of para-hydroxylation sites is 1. The van der Waals surface area contributed by atoms with Crippen LogP contribution in [0.25, 0.3) is 16.5 Å². The minimum atomic E-state index is -0.368. The lowest BCUT2D eigenvalue weighted by atomic mass is 10.1. The van der Waals surface area contributed by atoms with Crippen molar-refractivity contribution in [3.63, 3.8) is 0 Å². The standard InChI is InChI=1S/C24H25N5O2/c1-15(2)14-28-24(31)20-13-9-8-12-19(20)22(27-28)23(30)25-21-16(3)26-29(17(21)4)18-10-6-5-7-11-18/h5-13,15H,14H2,1-4H3,(H,25,30). The number of carbonyl (C=O) groups excluding carboxylic acids is 1. The summed E-state index contributed by atoms with van der Waals surface area (Å²) in [6.07, 6.45) is 0. The Balaban J connectivity index is 1.77. The molecule has 0 aliphatic carbocycles. The van der Waals surface area contributed by atoms with Crippen LogP contribution in [0.4, 0.5) is 5.69 Å². The van der Waals surface area contributed by atoms with Crippen LogP contribution < -0.4 is 10.9 Å². The van der Waals surface area contributed by atoms with Crippen LogP contribution in [0.3, 0.4) is 0 Å². The maximum atomic E-state index is 13.3. The van der Waals surface area contributed by atoms with Crippen molar-refractivity contribution in [2.45, 2.75) is 34.2 Å². The predicted octanol–water partition coefficient (Wildman–Crippen LogP) is 4.11. The van der Waals surface area contributed by atoms with Crippen molar-refractivity contribution < 1.29 is 4.79 Å². The van der Waals surface area contributed by atoms with Gasteiger partial charge in [0.15, 0.2) is 5.69 Å². The normalized spacial score (nSPS) is 11.3. The maximum Gasteiger partial charge on any atom is 0.276 e. The monoisotopic (exact) mass is 415 g/mol. The number of anilines is 1. The van der Waals surface area contributed by atoms with E-state index in [0.29, 0.717) is 28.7 Å². The average Bonchev–Trinajstić information content (AvgIpc) is 3.04. The number of hydrogen-bond acceptors (Lipinski definition) is 4. The lowest BCUT2D eigenvalue weighted by molar-refractivity contribution is 0.102. The lowest BCUT2D eigenvalue weighted by Crippen LogP contribution is -2.29. The Kier molecular flexibility index (Phi) is 5.42. The first-order valence-corrected chi connectivity index (χ1v) is 10.3. The van der Waals surface area contributed by atoms with Crippen molar-refractivity contribution in [3.05, 3.63) is 82.0 Å². The number of benzene rings is 2. The number of amides is 1. The van der Waals surface area contributed by atoms with Gasteiger partial charge in [0.1, 0.15) is 0 Å². The molecule has 0 fully saturated rings. The zero-order valence-electron chi connectivity index (χ0n) is 18.1. The number of fused-ring (bicyclic) bond motifs is 1. The van der Waals surface area contributed by atoms with Crippen LogP contribution in [-0.4, -0.2) is 25.5 Å². The molecule has 0 saturated carbocycles. The first-order chi connectivity index (χ1) is 14.9. The van der Waals surface area contributed by atoms with E-state index in [9.17, 15) is 9.59 Å². The molecule has 2 heterocycles. The summed E-state index contributed by atoms with van der Waals surface area (Å²) in [4.78, 5) is 26.1. The molecule has 0 radical (unpaired) electrons. The minimum absolute atomic E-state index is 0.190. The molecule has 1 N–H and O–H groups in total. The predicted molar refractivity (Wildman–Crippen MR) is 122 cm³/mol. The summed E-state index contributed by atoms with van der Waals surface area (Å²) < 4.78 is 3.19. The van der Waals surface area contributed by atoms with E-state index >= 15 is 0 Å². The largest absolute Gasteiger partial charge is 0.317 e. The van der Waals surface area contributed by atoms with Crippen molar-refractivity contribution in [1.29, 1.82) is 0 Å². The molecule has 0 spiro atoms. The van der Waals surface area contributed by atoms with Crippen LogP contribution in [0.15, 0.2) is 59.4 Å². The quantitative estimate of drug-likeness (QED) is 0.532. The smallest absolute Gasteiger partial charge is 0.276 e. The van der Waals surface area contributed by atoms with Crippen LogP contribution >= 0.6 is 0 Å². The topological polar surface area (TPSA) is 81.8 Å². The van der Waals surface area contributed by atoms with Gasteiger partial charge in [-0.15, -0.1) is 0 Å². The number of nitrogens with zero attached hydrogens (tertiary/aromatic N) is 4. The third-order valence-corrected chi connectivity index (χ3v) is 5.15. The Morgan fingerprint density at radius 3 is 2.29 bits per heavy atom. The van der Waals surface area contributed by atoms with Crippen LogP contribution in [0.2, 0.25) is 0 Å². The van der Waals surface area contributed by atoms with Crippen molar-refractivity contribution in [1.82, 2.24) is 19.6 Å². The summed E-state index contributed by atoms with van der Waals surface area (Å²) in [5.41, 5.74) is 3.11. The molecule has 0 aliphatic rings. The van der Waals surface area contributed by atoms with Crippen LogP contribution in [0, 0.1) is 19.8 Å². The highest BCUT2D eigenvalue weighted by Crippen LogP contribution is 2.24. The van der Waals surface area contributed by atoms with Crippen molar-refractivity contribution in [3.8, 4) is 5.69 Å². The Morgan fingerprint density at radius 2 is 1.61 bits per heavy atom. The van der Waals surface area contributed by atoms with Gasteiger partial charge in [-0.2, -0.15) is 10.2 Å². The lowest BCUT2D eigenvalue weighted by Gasteiger charge is -2.13. The van der Waals surface area contributed by atoms with Crippen LogP contribution in [0.5, 0.6) is 0 Å². The molecular weight excluding hydrogens is 390 g/mol. The SMILES string of the molecule is Cc1nn(-c2ccccc2)c(C)c1NC(=O)c1nn(CC(C)C)c(=O)c2ccccc12. The second-order valence-corrected chi connectivity index (χ2v) is 8.02. The highest BCUT2D eigenvalue weighted by Gasteiger charge is 2.21. The molecule has 0 saturated heterocycles. The van der Waals surface area contributed by atoms with E-state index < -0.39 is 0 Å². The molecule has 4 aromatic rings. The van der Waals surface area contributed by atoms with Gasteiger partial charge in [0.25, 0.3) is 11.5 Å². The summed E-state index contributed by atoms with van der Waals surface area (Å²) >= 11 is 0. The van der Waals surface area contributed by atoms with Crippen LogP contribution in [0.1, 0.15) is 35.7 Å². The van der Waals surface area contributed by atoms with E-state index in [0.717, 1.165) is 11.4 Å². The Labute approximate surface area is 180 Å². The van der Waals surface area contributed by atoms with Crippen molar-refractivity contribution in [2.24, 2.45) is 5.92 Å². The Morgan fingerprint density at radius 1 is 0.968 bits per heavy atom. The molecule has 0 aliphatic heterocycles. The summed E-state index contributed by atoms with van der Waals surface area (Å²) in [5, 5.41) is 13.0. The first-order valence-electron chi connectivity index (χ1n) is 10.3. The van der Waals surface area contributed by atoms with Crippen LogP contribution in [-0.2, 0) is 6.54 Å². The molecule has 4 rings (SSSR count). The van der Waals surface area contributed by atoms with Gasteiger partial charge in [-0.05, 0) is 38.0 Å². The molecule has 0 unspecified atom stereocenters. The van der Waals surface area contributed by atoms with E-state index in [4.69, 9.17) is 0 Å². The van der Waals surface area contributed by atoms with Gasteiger partial charge >= 0.3 is 0 Å². The maximum absolute atomic E-state index is 13.3.